The Balaban J connectivity index is 0.00000370. The molecule has 40 heavy (non-hydrogen) atoms. The molecule has 212 valence electrons. The second kappa shape index (κ2) is 12.9. The first-order valence-electron chi connectivity index (χ1n) is 14.0. The van der Waals surface area contributed by atoms with Crippen LogP contribution < -0.4 is 10.1 Å². The molecule has 2 saturated heterocycles. The third-order valence-electron chi connectivity index (χ3n) is 7.93. The Morgan fingerprint density at radius 1 is 0.875 bits per heavy atom. The average molecular weight is 562 g/mol. The number of likely N-dealkylation sites (tertiary alicyclic amines) is 1. The van der Waals surface area contributed by atoms with Crippen molar-refractivity contribution in [3.8, 4) is 11.5 Å². The highest BCUT2D eigenvalue weighted by molar-refractivity contribution is 6.00. The van der Waals surface area contributed by atoms with Crippen LogP contribution in [0.2, 0.25) is 0 Å². The largest absolute Gasteiger partial charge is 0.457 e. The van der Waals surface area contributed by atoms with Gasteiger partial charge in [0.2, 0.25) is 11.8 Å². The Morgan fingerprint density at radius 3 is 2.20 bits per heavy atom. The van der Waals surface area contributed by atoms with Crippen molar-refractivity contribution < 1.29 is 14.3 Å². The third kappa shape index (κ3) is 6.68. The number of carbonyl (C=O) groups excluding carboxylic acids is 2. The summed E-state index contributed by atoms with van der Waals surface area (Å²) >= 11 is 0. The van der Waals surface area contributed by atoms with Crippen molar-refractivity contribution in [2.45, 2.75) is 64.7 Å². The van der Waals surface area contributed by atoms with Crippen molar-refractivity contribution >= 4 is 24.2 Å². The van der Waals surface area contributed by atoms with Crippen LogP contribution in [0.5, 0.6) is 11.5 Å². The molecule has 0 aliphatic carbocycles. The van der Waals surface area contributed by atoms with Crippen LogP contribution in [0.15, 0.2) is 78.9 Å². The van der Waals surface area contributed by atoms with Crippen LogP contribution in [0.25, 0.3) is 0 Å². The maximum atomic E-state index is 13.8. The number of ether oxygens (including phenoxy) is 1. The summed E-state index contributed by atoms with van der Waals surface area (Å²) in [5.41, 5.74) is 2.62. The first-order valence-corrected chi connectivity index (χ1v) is 14.0. The van der Waals surface area contributed by atoms with E-state index < -0.39 is 11.6 Å². The SMILES string of the molecule is Cc1cccc(CN2C(=O)C(CC(C)C)NC(=O)C23CCN(Cc2ccc(Oc4ccccc4)cc2)CC3)c1.Cl. The molecule has 2 amide bonds. The van der Waals surface area contributed by atoms with Gasteiger partial charge in [-0.2, -0.15) is 0 Å². The fourth-order valence-corrected chi connectivity index (χ4v) is 5.85. The van der Waals surface area contributed by atoms with Gasteiger partial charge in [-0.15, -0.1) is 12.4 Å². The lowest BCUT2D eigenvalue weighted by atomic mass is 9.80. The number of nitrogens with zero attached hydrogens (tertiary/aromatic N) is 2. The number of para-hydroxylation sites is 1. The van der Waals surface area contributed by atoms with E-state index in [1.54, 1.807) is 0 Å². The van der Waals surface area contributed by atoms with Gasteiger partial charge in [0, 0.05) is 26.2 Å². The molecule has 1 N–H and O–H groups in total. The van der Waals surface area contributed by atoms with Gasteiger partial charge in [0.05, 0.1) is 0 Å². The molecular formula is C33H40ClN3O3. The predicted molar refractivity (Wildman–Crippen MR) is 161 cm³/mol. The molecular weight excluding hydrogens is 522 g/mol. The van der Waals surface area contributed by atoms with Gasteiger partial charge in [-0.05, 0) is 67.5 Å². The molecule has 1 unspecified atom stereocenters. The second-order valence-electron chi connectivity index (χ2n) is 11.4. The van der Waals surface area contributed by atoms with Gasteiger partial charge in [0.25, 0.3) is 0 Å². The van der Waals surface area contributed by atoms with Crippen LogP contribution in [-0.2, 0) is 22.7 Å². The van der Waals surface area contributed by atoms with Crippen LogP contribution in [0, 0.1) is 12.8 Å². The molecule has 1 spiro atoms. The topological polar surface area (TPSA) is 61.9 Å². The lowest BCUT2D eigenvalue weighted by Gasteiger charge is -2.52. The smallest absolute Gasteiger partial charge is 0.246 e. The molecule has 2 aliphatic rings. The van der Waals surface area contributed by atoms with Crippen LogP contribution in [0.3, 0.4) is 0 Å². The molecule has 3 aromatic rings. The lowest BCUT2D eigenvalue weighted by molar-refractivity contribution is -0.162. The molecule has 6 nitrogen and oxygen atoms in total. The van der Waals surface area contributed by atoms with E-state index in [4.69, 9.17) is 4.74 Å². The fourth-order valence-electron chi connectivity index (χ4n) is 5.85. The summed E-state index contributed by atoms with van der Waals surface area (Å²) in [6.07, 6.45) is 1.90. The lowest BCUT2D eigenvalue weighted by Crippen LogP contribution is -2.72. The Bertz CT molecular complexity index is 1290. The van der Waals surface area contributed by atoms with Gasteiger partial charge in [-0.3, -0.25) is 14.5 Å². The van der Waals surface area contributed by atoms with E-state index in [1.165, 1.54) is 5.56 Å². The van der Waals surface area contributed by atoms with E-state index >= 15 is 0 Å². The summed E-state index contributed by atoms with van der Waals surface area (Å²) < 4.78 is 5.93. The highest BCUT2D eigenvalue weighted by atomic mass is 35.5. The number of piperazine rings is 1. The molecule has 7 heteroatoms. The van der Waals surface area contributed by atoms with Gasteiger partial charge >= 0.3 is 0 Å². The summed E-state index contributed by atoms with van der Waals surface area (Å²) in [5.74, 6) is 2.00. The third-order valence-corrected chi connectivity index (χ3v) is 7.93. The number of amides is 2. The summed E-state index contributed by atoms with van der Waals surface area (Å²) in [4.78, 5) is 31.8. The molecule has 0 bridgehead atoms. The van der Waals surface area contributed by atoms with Crippen LogP contribution in [0.4, 0.5) is 0 Å². The normalized spacial score (nSPS) is 18.9. The number of carbonyl (C=O) groups is 2. The van der Waals surface area contributed by atoms with Gasteiger partial charge in [0.15, 0.2) is 0 Å². The first-order chi connectivity index (χ1) is 18.8. The zero-order chi connectivity index (χ0) is 27.4. The van der Waals surface area contributed by atoms with Gasteiger partial charge in [-0.25, -0.2) is 0 Å². The molecule has 2 heterocycles. The van der Waals surface area contributed by atoms with Crippen LogP contribution >= 0.6 is 12.4 Å². The molecule has 2 aliphatic heterocycles. The number of benzene rings is 3. The maximum absolute atomic E-state index is 13.8. The monoisotopic (exact) mass is 561 g/mol. The minimum Gasteiger partial charge on any atom is -0.457 e. The maximum Gasteiger partial charge on any atom is 0.246 e. The molecule has 3 aromatic carbocycles. The second-order valence-corrected chi connectivity index (χ2v) is 11.4. The van der Waals surface area contributed by atoms with E-state index in [9.17, 15) is 9.59 Å². The Hall–Kier alpha value is -3.35. The van der Waals surface area contributed by atoms with E-state index in [2.05, 4.69) is 61.3 Å². The average Bonchev–Trinajstić information content (AvgIpc) is 2.92. The first kappa shape index (κ1) is 29.6. The van der Waals surface area contributed by atoms with Crippen LogP contribution in [-0.4, -0.2) is 46.3 Å². The molecule has 0 aromatic heterocycles. The van der Waals surface area contributed by atoms with Crippen molar-refractivity contribution in [1.29, 1.82) is 0 Å². The standard InChI is InChI=1S/C33H39N3O3.ClH/c1-24(2)20-30-31(37)36(23-27-9-7-8-25(3)21-27)33(32(38)34-30)16-18-35(19-17-33)22-26-12-14-29(15-13-26)39-28-10-5-4-6-11-28;/h4-15,21,24,30H,16-20,22-23H2,1-3H3,(H,34,38);1H. The van der Waals surface area contributed by atoms with Gasteiger partial charge in [-0.1, -0.05) is 74.0 Å². The number of hydrogen-bond donors (Lipinski definition) is 1. The molecule has 5 rings (SSSR count). The number of rotatable bonds is 8. The number of aryl methyl sites for hydroxylation is 1. The summed E-state index contributed by atoms with van der Waals surface area (Å²) in [6, 6.07) is 25.8. The van der Waals surface area contributed by atoms with Crippen molar-refractivity contribution in [3.63, 3.8) is 0 Å². The Labute approximate surface area is 244 Å². The van der Waals surface area contributed by atoms with Crippen molar-refractivity contribution in [3.05, 3.63) is 95.6 Å². The number of nitrogens with one attached hydrogen (secondary N) is 1. The molecule has 0 saturated carbocycles. The minimum absolute atomic E-state index is 0. The van der Waals surface area contributed by atoms with Crippen molar-refractivity contribution in [2.75, 3.05) is 13.1 Å². The zero-order valence-electron chi connectivity index (χ0n) is 23.6. The van der Waals surface area contributed by atoms with E-state index in [-0.39, 0.29) is 24.2 Å². The molecule has 2 fully saturated rings. The minimum atomic E-state index is -0.807. The zero-order valence-corrected chi connectivity index (χ0v) is 24.5. The Kier molecular flexibility index (Phi) is 9.54. The molecule has 1 atom stereocenters. The Morgan fingerprint density at radius 2 is 1.55 bits per heavy atom. The van der Waals surface area contributed by atoms with Gasteiger partial charge < -0.3 is 15.0 Å². The summed E-state index contributed by atoms with van der Waals surface area (Å²) in [6.45, 7) is 9.01. The predicted octanol–water partition coefficient (Wildman–Crippen LogP) is 6.12. The highest BCUT2D eigenvalue weighted by Gasteiger charge is 2.53. The summed E-state index contributed by atoms with van der Waals surface area (Å²) in [7, 11) is 0. The van der Waals surface area contributed by atoms with Gasteiger partial charge in [0.1, 0.15) is 23.1 Å². The van der Waals surface area contributed by atoms with Crippen molar-refractivity contribution in [1.82, 2.24) is 15.1 Å². The number of hydrogen-bond acceptors (Lipinski definition) is 4. The molecule has 0 radical (unpaired) electrons. The quantitative estimate of drug-likeness (QED) is 0.360. The van der Waals surface area contributed by atoms with E-state index in [0.29, 0.717) is 31.7 Å². The van der Waals surface area contributed by atoms with Crippen LogP contribution in [0.1, 0.15) is 49.8 Å². The van der Waals surface area contributed by atoms with Crippen molar-refractivity contribution in [2.24, 2.45) is 5.92 Å². The summed E-state index contributed by atoms with van der Waals surface area (Å²) in [5, 5.41) is 3.11. The highest BCUT2D eigenvalue weighted by Crippen LogP contribution is 2.36. The van der Waals surface area contributed by atoms with E-state index in [1.807, 2.05) is 53.4 Å². The number of piperidine rings is 1. The fraction of sp³-hybridized carbons (Fsp3) is 0.394. The number of halogens is 1. The van der Waals surface area contributed by atoms with E-state index in [0.717, 1.165) is 42.3 Å².